The van der Waals surface area contributed by atoms with Crippen molar-refractivity contribution in [3.63, 3.8) is 0 Å². The van der Waals surface area contributed by atoms with Crippen molar-refractivity contribution >= 4 is 5.97 Å². The van der Waals surface area contributed by atoms with E-state index in [1.807, 2.05) is 0 Å². The summed E-state index contributed by atoms with van der Waals surface area (Å²) < 4.78 is 4.74. The number of carbonyl (C=O) groups excluding carboxylic acids is 1. The molecule has 0 aromatic rings. The average Bonchev–Trinajstić information content (AvgIpc) is 2.58. The first kappa shape index (κ1) is 11.3. The van der Waals surface area contributed by atoms with Crippen LogP contribution in [0.5, 0.6) is 0 Å². The Morgan fingerprint density at radius 2 is 2.36 bits per heavy atom. The van der Waals surface area contributed by atoms with Crippen molar-refractivity contribution < 1.29 is 9.53 Å². The fourth-order valence-electron chi connectivity index (χ4n) is 2.25. The number of hydrogen-bond donors (Lipinski definition) is 0. The number of carbonyl (C=O) groups is 1. The summed E-state index contributed by atoms with van der Waals surface area (Å²) in [7, 11) is 1.45. The van der Waals surface area contributed by atoms with Gasteiger partial charge in [-0.1, -0.05) is 33.3 Å². The molecular weight excluding hydrogens is 176 g/mol. The number of ether oxygens (including phenoxy) is 1. The van der Waals surface area contributed by atoms with E-state index in [1.165, 1.54) is 13.5 Å². The minimum atomic E-state index is -0.150. The standard InChI is InChI=1S/C12H20O2/c1-5-8(2)11-7-10(6-9(11)3)12(13)14-4/h6,8-9,11H,5,7H2,1-4H3. The molecule has 3 atom stereocenters. The number of methoxy groups -OCH3 is 1. The van der Waals surface area contributed by atoms with E-state index in [4.69, 9.17) is 4.74 Å². The Morgan fingerprint density at radius 1 is 1.71 bits per heavy atom. The van der Waals surface area contributed by atoms with Crippen molar-refractivity contribution in [3.8, 4) is 0 Å². The molecule has 0 saturated carbocycles. The van der Waals surface area contributed by atoms with Crippen LogP contribution < -0.4 is 0 Å². The number of rotatable bonds is 3. The molecular formula is C12H20O2. The van der Waals surface area contributed by atoms with E-state index >= 15 is 0 Å². The molecule has 0 aromatic heterocycles. The van der Waals surface area contributed by atoms with Crippen LogP contribution in [-0.4, -0.2) is 13.1 Å². The van der Waals surface area contributed by atoms with Crippen LogP contribution in [0.2, 0.25) is 0 Å². The van der Waals surface area contributed by atoms with Gasteiger partial charge in [-0.25, -0.2) is 4.79 Å². The Hall–Kier alpha value is -0.790. The fourth-order valence-corrected chi connectivity index (χ4v) is 2.25. The van der Waals surface area contributed by atoms with Crippen molar-refractivity contribution in [2.45, 2.75) is 33.6 Å². The Balaban J connectivity index is 2.63. The molecule has 2 nitrogen and oxygen atoms in total. The molecule has 80 valence electrons. The maximum Gasteiger partial charge on any atom is 0.333 e. The van der Waals surface area contributed by atoms with Crippen molar-refractivity contribution in [2.75, 3.05) is 7.11 Å². The molecule has 0 N–H and O–H groups in total. The minimum absolute atomic E-state index is 0.150. The highest BCUT2D eigenvalue weighted by Gasteiger charge is 2.30. The lowest BCUT2D eigenvalue weighted by atomic mass is 9.83. The Morgan fingerprint density at radius 3 is 2.86 bits per heavy atom. The quantitative estimate of drug-likeness (QED) is 0.649. The molecule has 14 heavy (non-hydrogen) atoms. The van der Waals surface area contributed by atoms with Gasteiger partial charge >= 0.3 is 5.97 Å². The van der Waals surface area contributed by atoms with Crippen LogP contribution in [-0.2, 0) is 9.53 Å². The zero-order chi connectivity index (χ0) is 10.7. The first-order chi connectivity index (χ1) is 6.60. The smallest absolute Gasteiger partial charge is 0.333 e. The van der Waals surface area contributed by atoms with E-state index in [9.17, 15) is 4.79 Å². The van der Waals surface area contributed by atoms with Gasteiger partial charge in [0, 0.05) is 5.57 Å². The third-order valence-electron chi connectivity index (χ3n) is 3.42. The van der Waals surface area contributed by atoms with Crippen LogP contribution in [0.1, 0.15) is 33.6 Å². The zero-order valence-corrected chi connectivity index (χ0v) is 9.54. The second kappa shape index (κ2) is 4.63. The number of allylic oxidation sites excluding steroid dienone is 1. The molecule has 0 heterocycles. The molecule has 1 rings (SSSR count). The molecule has 2 heteroatoms. The van der Waals surface area contributed by atoms with Gasteiger partial charge in [0.15, 0.2) is 0 Å². The van der Waals surface area contributed by atoms with E-state index in [2.05, 4.69) is 26.8 Å². The van der Waals surface area contributed by atoms with Crippen LogP contribution in [0.25, 0.3) is 0 Å². The molecule has 0 amide bonds. The lowest BCUT2D eigenvalue weighted by Crippen LogP contribution is -2.14. The van der Waals surface area contributed by atoms with E-state index in [0.717, 1.165) is 12.0 Å². The first-order valence-corrected chi connectivity index (χ1v) is 5.39. The molecule has 0 saturated heterocycles. The molecule has 1 aliphatic carbocycles. The molecule has 3 unspecified atom stereocenters. The topological polar surface area (TPSA) is 26.3 Å². The summed E-state index contributed by atoms with van der Waals surface area (Å²) in [5.74, 6) is 1.67. The molecule has 0 aliphatic heterocycles. The lowest BCUT2D eigenvalue weighted by molar-refractivity contribution is -0.136. The number of hydrogen-bond acceptors (Lipinski definition) is 2. The van der Waals surface area contributed by atoms with Gasteiger partial charge in [-0.15, -0.1) is 0 Å². The summed E-state index contributed by atoms with van der Waals surface area (Å²) >= 11 is 0. The van der Waals surface area contributed by atoms with Crippen molar-refractivity contribution in [2.24, 2.45) is 17.8 Å². The lowest BCUT2D eigenvalue weighted by Gasteiger charge is -2.21. The van der Waals surface area contributed by atoms with E-state index in [1.54, 1.807) is 0 Å². The molecule has 0 bridgehead atoms. The normalized spacial score (nSPS) is 28.4. The summed E-state index contributed by atoms with van der Waals surface area (Å²) in [5, 5.41) is 0. The highest BCUT2D eigenvalue weighted by atomic mass is 16.5. The van der Waals surface area contributed by atoms with Gasteiger partial charge in [-0.05, 0) is 24.2 Å². The van der Waals surface area contributed by atoms with Crippen molar-refractivity contribution in [1.29, 1.82) is 0 Å². The molecule has 1 aliphatic rings. The summed E-state index contributed by atoms with van der Waals surface area (Å²) in [5.41, 5.74) is 0.866. The summed E-state index contributed by atoms with van der Waals surface area (Å²) in [6, 6.07) is 0. The van der Waals surface area contributed by atoms with Gasteiger partial charge < -0.3 is 4.74 Å². The highest BCUT2D eigenvalue weighted by molar-refractivity contribution is 5.88. The predicted molar refractivity (Wildman–Crippen MR) is 56.8 cm³/mol. The minimum Gasteiger partial charge on any atom is -0.466 e. The van der Waals surface area contributed by atoms with Crippen LogP contribution in [0.3, 0.4) is 0 Å². The first-order valence-electron chi connectivity index (χ1n) is 5.39. The van der Waals surface area contributed by atoms with Crippen LogP contribution >= 0.6 is 0 Å². The third-order valence-corrected chi connectivity index (χ3v) is 3.42. The van der Waals surface area contributed by atoms with Gasteiger partial charge in [0.25, 0.3) is 0 Å². The van der Waals surface area contributed by atoms with E-state index in [-0.39, 0.29) is 5.97 Å². The summed E-state index contributed by atoms with van der Waals surface area (Å²) in [4.78, 5) is 11.3. The Kier molecular flexibility index (Phi) is 3.73. The summed E-state index contributed by atoms with van der Waals surface area (Å²) in [6.45, 7) is 6.65. The van der Waals surface area contributed by atoms with E-state index in [0.29, 0.717) is 17.8 Å². The Labute approximate surface area is 86.3 Å². The largest absolute Gasteiger partial charge is 0.466 e. The highest BCUT2D eigenvalue weighted by Crippen LogP contribution is 2.37. The van der Waals surface area contributed by atoms with Gasteiger partial charge in [0.1, 0.15) is 0 Å². The molecule has 0 spiro atoms. The molecule has 0 radical (unpaired) electrons. The SMILES string of the molecule is CCC(C)C1CC(C(=O)OC)=CC1C. The van der Waals surface area contributed by atoms with Gasteiger partial charge in [-0.3, -0.25) is 0 Å². The van der Waals surface area contributed by atoms with E-state index < -0.39 is 0 Å². The summed E-state index contributed by atoms with van der Waals surface area (Å²) in [6.07, 6.45) is 4.14. The van der Waals surface area contributed by atoms with Gasteiger partial charge in [0.2, 0.25) is 0 Å². The maximum absolute atomic E-state index is 11.3. The second-order valence-corrected chi connectivity index (χ2v) is 4.30. The Bertz CT molecular complexity index is 243. The average molecular weight is 196 g/mol. The molecule has 0 fully saturated rings. The van der Waals surface area contributed by atoms with Crippen LogP contribution in [0, 0.1) is 17.8 Å². The monoisotopic (exact) mass is 196 g/mol. The van der Waals surface area contributed by atoms with Gasteiger partial charge in [-0.2, -0.15) is 0 Å². The second-order valence-electron chi connectivity index (χ2n) is 4.30. The maximum atomic E-state index is 11.3. The van der Waals surface area contributed by atoms with Crippen LogP contribution in [0.15, 0.2) is 11.6 Å². The third kappa shape index (κ3) is 2.17. The van der Waals surface area contributed by atoms with Crippen molar-refractivity contribution in [1.82, 2.24) is 0 Å². The number of esters is 1. The van der Waals surface area contributed by atoms with Gasteiger partial charge in [0.05, 0.1) is 7.11 Å². The zero-order valence-electron chi connectivity index (χ0n) is 9.54. The van der Waals surface area contributed by atoms with Crippen LogP contribution in [0.4, 0.5) is 0 Å². The fraction of sp³-hybridized carbons (Fsp3) is 0.750. The predicted octanol–water partition coefficient (Wildman–Crippen LogP) is 2.79. The van der Waals surface area contributed by atoms with Crippen molar-refractivity contribution in [3.05, 3.63) is 11.6 Å². The molecule has 0 aromatic carbocycles.